The summed E-state index contributed by atoms with van der Waals surface area (Å²) in [6.45, 7) is 2.28. The molecule has 0 bridgehead atoms. The number of carbonyl (C=O) groups excluding carboxylic acids is 3. The molecule has 3 rings (SSSR count). The molecule has 0 N–H and O–H groups in total. The van der Waals surface area contributed by atoms with E-state index >= 15 is 0 Å². The highest BCUT2D eigenvalue weighted by Crippen LogP contribution is 2.37. The van der Waals surface area contributed by atoms with Crippen LogP contribution in [-0.2, 0) is 39.8 Å². The molecule has 0 aromatic heterocycles. The van der Waals surface area contributed by atoms with E-state index < -0.39 is 36.3 Å². The van der Waals surface area contributed by atoms with E-state index in [1.54, 1.807) is 12.1 Å². The lowest BCUT2D eigenvalue weighted by Crippen LogP contribution is -2.41. The molecule has 0 spiro atoms. The maximum Gasteiger partial charge on any atom is 0.340 e. The van der Waals surface area contributed by atoms with E-state index in [-0.39, 0.29) is 12.4 Å². The van der Waals surface area contributed by atoms with E-state index in [2.05, 4.69) is 0 Å². The second-order valence-electron chi connectivity index (χ2n) is 8.03. The standard InChI is InChI=1S/C26H30O7/c1-3-20(32-23(28)16-18-10-6-4-7-11-18)24-21(31-17-27)14-15-22(24)33-26(29)25(30-2)19-12-8-5-9-13-19/h4-13,17,20-22,24-25H,3,14-16H2,1-2H3/t20?,21?,22?,24?,25-/m0/s1. The van der Waals surface area contributed by atoms with Gasteiger partial charge in [0.25, 0.3) is 6.47 Å². The fourth-order valence-corrected chi connectivity index (χ4v) is 4.41. The van der Waals surface area contributed by atoms with E-state index in [4.69, 9.17) is 18.9 Å². The lowest BCUT2D eigenvalue weighted by atomic mass is 9.94. The Morgan fingerprint density at radius 1 is 1.00 bits per heavy atom. The maximum absolute atomic E-state index is 12.9. The normalized spacial score (nSPS) is 21.6. The van der Waals surface area contributed by atoms with Crippen molar-refractivity contribution in [3.8, 4) is 0 Å². The summed E-state index contributed by atoms with van der Waals surface area (Å²) in [5.74, 6) is -1.37. The Kier molecular flexibility index (Phi) is 9.01. The molecule has 33 heavy (non-hydrogen) atoms. The van der Waals surface area contributed by atoms with E-state index in [0.29, 0.717) is 31.3 Å². The van der Waals surface area contributed by atoms with Gasteiger partial charge in [-0.25, -0.2) is 4.79 Å². The van der Waals surface area contributed by atoms with Crippen molar-refractivity contribution in [2.24, 2.45) is 5.92 Å². The van der Waals surface area contributed by atoms with E-state index in [1.807, 2.05) is 55.5 Å². The average molecular weight is 455 g/mol. The first kappa shape index (κ1) is 24.5. The molecule has 1 aliphatic rings. The number of ether oxygens (including phenoxy) is 4. The molecule has 0 saturated heterocycles. The van der Waals surface area contributed by atoms with Crippen LogP contribution < -0.4 is 0 Å². The second-order valence-corrected chi connectivity index (χ2v) is 8.03. The zero-order valence-electron chi connectivity index (χ0n) is 18.9. The third kappa shape index (κ3) is 6.42. The second kappa shape index (κ2) is 12.2. The van der Waals surface area contributed by atoms with Crippen molar-refractivity contribution in [1.29, 1.82) is 0 Å². The molecule has 7 nitrogen and oxygen atoms in total. The molecule has 4 unspecified atom stereocenters. The van der Waals surface area contributed by atoms with Crippen LogP contribution in [-0.4, -0.2) is 43.8 Å². The van der Waals surface area contributed by atoms with Gasteiger partial charge < -0.3 is 18.9 Å². The highest BCUT2D eigenvalue weighted by molar-refractivity contribution is 5.77. The molecular formula is C26H30O7. The van der Waals surface area contributed by atoms with Gasteiger partial charge in [-0.1, -0.05) is 67.6 Å². The van der Waals surface area contributed by atoms with Gasteiger partial charge in [0.2, 0.25) is 0 Å². The highest BCUT2D eigenvalue weighted by atomic mass is 16.6. The zero-order valence-corrected chi connectivity index (χ0v) is 18.9. The Morgan fingerprint density at radius 3 is 2.24 bits per heavy atom. The van der Waals surface area contributed by atoms with Crippen LogP contribution >= 0.6 is 0 Å². The molecule has 0 heterocycles. The molecule has 2 aromatic rings. The van der Waals surface area contributed by atoms with Gasteiger partial charge in [-0.15, -0.1) is 0 Å². The molecule has 2 aromatic carbocycles. The number of rotatable bonds is 11. The number of benzene rings is 2. The van der Waals surface area contributed by atoms with Crippen molar-refractivity contribution in [2.75, 3.05) is 7.11 Å². The SMILES string of the molecule is CCC(OC(=O)Cc1ccccc1)C1C(OC=O)CCC1OC(=O)[C@@H](OC)c1ccccc1. The summed E-state index contributed by atoms with van der Waals surface area (Å²) < 4.78 is 22.3. The summed E-state index contributed by atoms with van der Waals surface area (Å²) in [4.78, 5) is 36.7. The molecule has 0 aliphatic heterocycles. The van der Waals surface area contributed by atoms with E-state index in [9.17, 15) is 14.4 Å². The van der Waals surface area contributed by atoms with Crippen LogP contribution in [0.25, 0.3) is 0 Å². The Morgan fingerprint density at radius 2 is 1.64 bits per heavy atom. The summed E-state index contributed by atoms with van der Waals surface area (Å²) in [5.41, 5.74) is 1.53. The van der Waals surface area contributed by atoms with Crippen molar-refractivity contribution in [1.82, 2.24) is 0 Å². The first-order valence-electron chi connectivity index (χ1n) is 11.2. The molecular weight excluding hydrogens is 424 g/mol. The largest absolute Gasteiger partial charge is 0.464 e. The van der Waals surface area contributed by atoms with Crippen LogP contribution in [0.2, 0.25) is 0 Å². The van der Waals surface area contributed by atoms with E-state index in [1.165, 1.54) is 7.11 Å². The predicted octanol–water partition coefficient (Wildman–Crippen LogP) is 3.80. The highest BCUT2D eigenvalue weighted by Gasteiger charge is 2.46. The molecule has 1 aliphatic carbocycles. The molecule has 7 heteroatoms. The van der Waals surface area contributed by atoms with Crippen molar-refractivity contribution in [2.45, 2.75) is 57.0 Å². The summed E-state index contributed by atoms with van der Waals surface area (Å²) >= 11 is 0. The zero-order chi connectivity index (χ0) is 23.6. The minimum atomic E-state index is -0.876. The van der Waals surface area contributed by atoms with E-state index in [0.717, 1.165) is 5.56 Å². The third-order valence-corrected chi connectivity index (χ3v) is 5.95. The minimum Gasteiger partial charge on any atom is -0.464 e. The van der Waals surface area contributed by atoms with Crippen molar-refractivity contribution >= 4 is 18.4 Å². The van der Waals surface area contributed by atoms with Crippen molar-refractivity contribution < 1.29 is 33.3 Å². The Bertz CT molecular complexity index is 899. The summed E-state index contributed by atoms with van der Waals surface area (Å²) in [6.07, 6.45) is -0.893. The number of carbonyl (C=O) groups is 3. The quantitative estimate of drug-likeness (QED) is 0.290. The van der Waals surface area contributed by atoms with Crippen molar-refractivity contribution in [3.05, 3.63) is 71.8 Å². The number of hydrogen-bond acceptors (Lipinski definition) is 7. The van der Waals surface area contributed by atoms with Gasteiger partial charge in [0.15, 0.2) is 6.10 Å². The fourth-order valence-electron chi connectivity index (χ4n) is 4.41. The van der Waals surface area contributed by atoms with Crippen LogP contribution in [0.3, 0.4) is 0 Å². The first-order valence-corrected chi connectivity index (χ1v) is 11.2. The molecule has 5 atom stereocenters. The molecule has 0 amide bonds. The smallest absolute Gasteiger partial charge is 0.340 e. The lowest BCUT2D eigenvalue weighted by molar-refractivity contribution is -0.172. The van der Waals surface area contributed by atoms with Crippen LogP contribution in [0.15, 0.2) is 60.7 Å². The topological polar surface area (TPSA) is 88.1 Å². The van der Waals surface area contributed by atoms with Gasteiger partial charge in [-0.2, -0.15) is 0 Å². The van der Waals surface area contributed by atoms with Gasteiger partial charge in [0.05, 0.1) is 12.3 Å². The van der Waals surface area contributed by atoms with Gasteiger partial charge in [-0.05, 0) is 30.4 Å². The monoisotopic (exact) mass is 454 g/mol. The number of methoxy groups -OCH3 is 1. The third-order valence-electron chi connectivity index (χ3n) is 5.95. The van der Waals surface area contributed by atoms with Crippen LogP contribution in [0.1, 0.15) is 43.4 Å². The van der Waals surface area contributed by atoms with Crippen LogP contribution in [0.4, 0.5) is 0 Å². The minimum absolute atomic E-state index is 0.132. The first-order chi connectivity index (χ1) is 16.1. The Hall–Kier alpha value is -3.19. The molecule has 0 radical (unpaired) electrons. The maximum atomic E-state index is 12.9. The number of esters is 2. The summed E-state index contributed by atoms with van der Waals surface area (Å²) in [6, 6.07) is 18.4. The van der Waals surface area contributed by atoms with Gasteiger partial charge in [0.1, 0.15) is 18.3 Å². The van der Waals surface area contributed by atoms with Crippen molar-refractivity contribution in [3.63, 3.8) is 0 Å². The molecule has 1 fully saturated rings. The fraction of sp³-hybridized carbons (Fsp3) is 0.423. The van der Waals surface area contributed by atoms with Crippen LogP contribution in [0, 0.1) is 5.92 Å². The van der Waals surface area contributed by atoms with Gasteiger partial charge in [0, 0.05) is 7.11 Å². The lowest BCUT2D eigenvalue weighted by Gasteiger charge is -2.31. The van der Waals surface area contributed by atoms with Gasteiger partial charge in [-0.3, -0.25) is 9.59 Å². The molecule has 1 saturated carbocycles. The molecule has 176 valence electrons. The summed E-state index contributed by atoms with van der Waals surface area (Å²) in [7, 11) is 1.45. The average Bonchev–Trinajstić information content (AvgIpc) is 3.21. The predicted molar refractivity (Wildman–Crippen MR) is 120 cm³/mol. The number of hydrogen-bond donors (Lipinski definition) is 0. The Balaban J connectivity index is 1.72. The van der Waals surface area contributed by atoms with Crippen LogP contribution in [0.5, 0.6) is 0 Å². The van der Waals surface area contributed by atoms with Gasteiger partial charge >= 0.3 is 11.9 Å². The Labute approximate surface area is 194 Å². The summed E-state index contributed by atoms with van der Waals surface area (Å²) in [5, 5.41) is 0.